The first kappa shape index (κ1) is 60.6. The van der Waals surface area contributed by atoms with Gasteiger partial charge in [-0.1, -0.05) is 96.8 Å². The fraction of sp³-hybridized carbons (Fsp3) is 0.627. The van der Waals surface area contributed by atoms with E-state index in [1.165, 1.54) is 38.7 Å². The van der Waals surface area contributed by atoms with Gasteiger partial charge in [0, 0.05) is 39.0 Å². The maximum atomic E-state index is 14.9. The van der Waals surface area contributed by atoms with Crippen LogP contribution in [0.25, 0.3) is 0 Å². The van der Waals surface area contributed by atoms with E-state index in [0.29, 0.717) is 68.9 Å². The molecule has 0 unspecified atom stereocenters. The maximum Gasteiger partial charge on any atom is 0.246 e. The van der Waals surface area contributed by atoms with Crippen molar-refractivity contribution in [1.29, 1.82) is 0 Å². The predicted molar refractivity (Wildman–Crippen MR) is 297 cm³/mol. The van der Waals surface area contributed by atoms with Gasteiger partial charge < -0.3 is 56.6 Å². The number of fused-ring (bicyclic) bond motifs is 4. The fourth-order valence-electron chi connectivity index (χ4n) is 11.9. The summed E-state index contributed by atoms with van der Waals surface area (Å²) in [6.07, 6.45) is 4.17. The van der Waals surface area contributed by atoms with Crippen molar-refractivity contribution in [3.8, 4) is 5.75 Å². The molecule has 7 rings (SSSR count). The molecule has 12 atom stereocenters. The minimum absolute atomic E-state index is 0.00659. The van der Waals surface area contributed by atoms with Gasteiger partial charge in [0.1, 0.15) is 66.2 Å². The predicted octanol–water partition coefficient (Wildman–Crippen LogP) is 2.22. The zero-order valence-electron chi connectivity index (χ0n) is 47.5. The standard InChI is InChI=1S/C59H84N10O11/c1-8-35(5)48-55(76)62-41(32-38-17-11-10-12-18-38)51(72)60-37(7)50(71)63-43(31-34(3)4)56(77)68-29-15-21-46(68)57(78)66-27-13-19-44(66)53(74)61-42(33-39-23-25-40(70)26-24-39)52(73)65-49(36(6)9-2)59(80)69-30-16-22-47(69)58(79)67-28-14-20-45(67)54(75)64-48/h10-12,17-18,23-26,34-37,41-49,70H,8-9,13-16,19-22,27-33H2,1-7H3,(H,60,72)(H,61,74)(H,62,76)(H,63,71)(H,64,75)(H,65,73)/t35-,36-,37-,41-,42-,43-,44-,45-,46-,47-,48-,49-/m0/s1. The Hall–Kier alpha value is -7.06. The van der Waals surface area contributed by atoms with Crippen molar-refractivity contribution in [1.82, 2.24) is 51.5 Å². The molecule has 7 N–H and O–H groups in total. The van der Waals surface area contributed by atoms with Crippen LogP contribution in [0.2, 0.25) is 0 Å². The van der Waals surface area contributed by atoms with Crippen molar-refractivity contribution in [2.45, 2.75) is 192 Å². The molecule has 80 heavy (non-hydrogen) atoms. The Morgan fingerprint density at radius 2 is 0.863 bits per heavy atom. The first-order valence-corrected chi connectivity index (χ1v) is 29.1. The topological polar surface area (TPSA) is 276 Å². The van der Waals surface area contributed by atoms with E-state index in [1.807, 2.05) is 40.7 Å². The van der Waals surface area contributed by atoms with E-state index in [-0.39, 0.29) is 63.5 Å². The summed E-state index contributed by atoms with van der Waals surface area (Å²) < 4.78 is 0. The lowest BCUT2D eigenvalue weighted by molar-refractivity contribution is -0.149. The minimum Gasteiger partial charge on any atom is -0.508 e. The SMILES string of the molecule is CC[C@H](C)[C@@H]1NC(=O)[C@@H]2CCCN2C(=O)[C@@H]2CCCN2C(=O)[C@H]([C@@H](C)CC)NC(=O)[C@H](Cc2ccc(O)cc2)NC(=O)[C@@H]2CCCN2C(=O)[C@@H]2CCCN2C(=O)[C@H](CC(C)C)NC(=O)[C@H](C)NC(=O)[C@H](Cc2ccccc2)NC1=O. The second-order valence-electron chi connectivity index (χ2n) is 23.1. The Bertz CT molecular complexity index is 2580. The van der Waals surface area contributed by atoms with Crippen LogP contribution in [-0.2, 0) is 60.8 Å². The van der Waals surface area contributed by atoms with Gasteiger partial charge in [-0.3, -0.25) is 47.9 Å². The van der Waals surface area contributed by atoms with Gasteiger partial charge in [0.2, 0.25) is 59.1 Å². The number of benzene rings is 2. The molecule has 0 radical (unpaired) electrons. The molecule has 0 bridgehead atoms. The molecule has 21 nitrogen and oxygen atoms in total. The lowest BCUT2D eigenvalue weighted by atomic mass is 9.96. The fourth-order valence-corrected chi connectivity index (χ4v) is 11.9. The molecule has 5 saturated heterocycles. The summed E-state index contributed by atoms with van der Waals surface area (Å²) in [7, 11) is 0. The van der Waals surface area contributed by atoms with E-state index in [4.69, 9.17) is 0 Å². The van der Waals surface area contributed by atoms with Gasteiger partial charge in [0.05, 0.1) is 0 Å². The Morgan fingerprint density at radius 3 is 1.38 bits per heavy atom. The second-order valence-corrected chi connectivity index (χ2v) is 23.1. The molecule has 0 aliphatic carbocycles. The summed E-state index contributed by atoms with van der Waals surface area (Å²) in [5, 5.41) is 27.3. The molecule has 5 fully saturated rings. The van der Waals surface area contributed by atoms with Crippen LogP contribution in [0.15, 0.2) is 54.6 Å². The molecule has 0 saturated carbocycles. The third kappa shape index (κ3) is 14.5. The van der Waals surface area contributed by atoms with Crippen LogP contribution in [0.1, 0.15) is 130 Å². The third-order valence-corrected chi connectivity index (χ3v) is 16.9. The average Bonchev–Trinajstić information content (AvgIpc) is 4.34. The molecule has 5 heterocycles. The molecule has 2 aromatic rings. The van der Waals surface area contributed by atoms with Crippen molar-refractivity contribution in [2.75, 3.05) is 26.2 Å². The number of nitrogens with one attached hydrogen (secondary N) is 6. The largest absolute Gasteiger partial charge is 0.508 e. The number of carbonyl (C=O) groups excluding carboxylic acids is 10. The normalized spacial score (nSPS) is 29.1. The molecule has 10 amide bonds. The number of carbonyl (C=O) groups is 10. The van der Waals surface area contributed by atoms with Gasteiger partial charge in [0.25, 0.3) is 0 Å². The number of phenols is 1. The van der Waals surface area contributed by atoms with Crippen molar-refractivity contribution in [3.05, 3.63) is 65.7 Å². The molecule has 0 aromatic heterocycles. The Balaban J connectivity index is 1.24. The third-order valence-electron chi connectivity index (χ3n) is 16.9. The maximum absolute atomic E-state index is 14.9. The molecule has 5 aliphatic rings. The van der Waals surface area contributed by atoms with Crippen LogP contribution in [0.5, 0.6) is 5.75 Å². The molecule has 5 aliphatic heterocycles. The number of phenolic OH excluding ortho intramolecular Hbond substituents is 1. The Morgan fingerprint density at radius 1 is 0.450 bits per heavy atom. The molecule has 436 valence electrons. The van der Waals surface area contributed by atoms with Gasteiger partial charge in [-0.25, -0.2) is 0 Å². The van der Waals surface area contributed by atoms with E-state index in [2.05, 4.69) is 31.9 Å². The van der Waals surface area contributed by atoms with E-state index in [1.54, 1.807) is 43.3 Å². The number of rotatable bonds is 10. The van der Waals surface area contributed by atoms with E-state index in [0.717, 1.165) is 0 Å². The summed E-state index contributed by atoms with van der Waals surface area (Å²) in [6, 6.07) is 4.15. The summed E-state index contributed by atoms with van der Waals surface area (Å²) in [4.78, 5) is 152. The van der Waals surface area contributed by atoms with Crippen LogP contribution in [-0.4, -0.2) is 170 Å². The van der Waals surface area contributed by atoms with Crippen LogP contribution in [0.4, 0.5) is 0 Å². The van der Waals surface area contributed by atoms with Crippen molar-refractivity contribution in [2.24, 2.45) is 17.8 Å². The first-order valence-electron chi connectivity index (χ1n) is 29.1. The Kier molecular flexibility index (Phi) is 20.8. The van der Waals surface area contributed by atoms with Gasteiger partial charge in [0.15, 0.2) is 0 Å². The number of hydrogen-bond acceptors (Lipinski definition) is 11. The quantitative estimate of drug-likeness (QED) is 0.181. The highest BCUT2D eigenvalue weighted by Crippen LogP contribution is 2.30. The van der Waals surface area contributed by atoms with E-state index in [9.17, 15) is 53.1 Å². The second kappa shape index (κ2) is 27.4. The first-order chi connectivity index (χ1) is 38.2. The molecule has 0 spiro atoms. The Labute approximate surface area is 469 Å². The molecular formula is C59H84N10O11. The zero-order valence-corrected chi connectivity index (χ0v) is 47.5. The molecule has 21 heteroatoms. The zero-order chi connectivity index (χ0) is 57.9. The lowest BCUT2D eigenvalue weighted by Crippen LogP contribution is -2.62. The van der Waals surface area contributed by atoms with E-state index >= 15 is 0 Å². The van der Waals surface area contributed by atoms with Gasteiger partial charge >= 0.3 is 0 Å². The van der Waals surface area contributed by atoms with Gasteiger partial charge in [-0.2, -0.15) is 0 Å². The van der Waals surface area contributed by atoms with Crippen molar-refractivity contribution >= 4 is 59.1 Å². The number of hydrogen-bond donors (Lipinski definition) is 7. The number of aromatic hydroxyl groups is 1. The highest BCUT2D eigenvalue weighted by molar-refractivity contribution is 6.00. The minimum atomic E-state index is -1.27. The summed E-state index contributed by atoms with van der Waals surface area (Å²) in [5.41, 5.74) is 1.29. The smallest absolute Gasteiger partial charge is 0.246 e. The van der Waals surface area contributed by atoms with Gasteiger partial charge in [-0.05, 0) is 106 Å². The summed E-state index contributed by atoms with van der Waals surface area (Å²) >= 11 is 0. The van der Waals surface area contributed by atoms with Crippen molar-refractivity contribution in [3.63, 3.8) is 0 Å². The summed E-state index contributed by atoms with van der Waals surface area (Å²) in [5.74, 6) is -6.69. The highest BCUT2D eigenvalue weighted by Gasteiger charge is 2.47. The van der Waals surface area contributed by atoms with Crippen LogP contribution in [0, 0.1) is 17.8 Å². The number of nitrogens with zero attached hydrogens (tertiary/aromatic N) is 4. The van der Waals surface area contributed by atoms with Crippen LogP contribution >= 0.6 is 0 Å². The van der Waals surface area contributed by atoms with Crippen molar-refractivity contribution < 1.29 is 53.1 Å². The highest BCUT2D eigenvalue weighted by atomic mass is 16.3. The van der Waals surface area contributed by atoms with Crippen LogP contribution < -0.4 is 31.9 Å². The average molecular weight is 1110 g/mol. The monoisotopic (exact) mass is 1110 g/mol. The van der Waals surface area contributed by atoms with E-state index < -0.39 is 131 Å². The van der Waals surface area contributed by atoms with Crippen LogP contribution in [0.3, 0.4) is 0 Å². The van der Waals surface area contributed by atoms with Gasteiger partial charge in [-0.15, -0.1) is 0 Å². The summed E-state index contributed by atoms with van der Waals surface area (Å²) in [6.45, 7) is 13.5. The number of amides is 10. The lowest BCUT2D eigenvalue weighted by Gasteiger charge is -2.35. The molecular weight excluding hydrogens is 1020 g/mol. The molecule has 2 aromatic carbocycles.